The van der Waals surface area contributed by atoms with Crippen LogP contribution < -0.4 is 16.1 Å². The first-order chi connectivity index (χ1) is 12.5. The third kappa shape index (κ3) is 5.44. The Kier molecular flexibility index (Phi) is 6.90. The average molecular weight is 356 g/mol. The van der Waals surface area contributed by atoms with Gasteiger partial charge in [0.15, 0.2) is 0 Å². The number of hydrogen-bond donors (Lipinski definition) is 3. The number of rotatable bonds is 9. The van der Waals surface area contributed by atoms with Crippen LogP contribution in [0.4, 0.5) is 11.6 Å². The zero-order valence-corrected chi connectivity index (χ0v) is 15.0. The van der Waals surface area contributed by atoms with Gasteiger partial charge < -0.3 is 15.7 Å². The summed E-state index contributed by atoms with van der Waals surface area (Å²) < 4.78 is 0. The van der Waals surface area contributed by atoms with Gasteiger partial charge in [0.2, 0.25) is 17.7 Å². The molecule has 1 aromatic heterocycles. The van der Waals surface area contributed by atoms with Gasteiger partial charge in [0.05, 0.1) is 17.6 Å². The molecule has 1 aromatic carbocycles. The number of aromatic hydroxyl groups is 1. The Bertz CT molecular complexity index is 772. The van der Waals surface area contributed by atoms with E-state index in [4.69, 9.17) is 5.73 Å². The Labute approximate surface area is 152 Å². The van der Waals surface area contributed by atoms with Gasteiger partial charge >= 0.3 is 0 Å². The van der Waals surface area contributed by atoms with Crippen molar-refractivity contribution in [3.05, 3.63) is 41.6 Å². The van der Waals surface area contributed by atoms with Crippen LogP contribution in [0.3, 0.4) is 0 Å². The summed E-state index contributed by atoms with van der Waals surface area (Å²) >= 11 is 0. The first kappa shape index (κ1) is 19.2. The minimum atomic E-state index is -0.505. The lowest BCUT2D eigenvalue weighted by Gasteiger charge is -2.21. The van der Waals surface area contributed by atoms with Crippen molar-refractivity contribution in [1.29, 1.82) is 0 Å². The zero-order valence-electron chi connectivity index (χ0n) is 15.0. The van der Waals surface area contributed by atoms with Gasteiger partial charge in [-0.3, -0.25) is 10.2 Å². The normalized spacial score (nSPS) is 10.8. The predicted octanol–water partition coefficient (Wildman–Crippen LogP) is 2.35. The van der Waals surface area contributed by atoms with E-state index >= 15 is 0 Å². The Hall–Kier alpha value is -3.16. The maximum absolute atomic E-state index is 11.2. The standard InChI is InChI=1S/C18H24N6O2/c1-3-8-24(9-4-2)18-21-15(11-16(25)22-18)12-20-23-14-7-5-6-13(10-14)17(19)26/h5-7,10-12,23H,3-4,8-9H2,1-2H3,(H2,19,26)(H,21,22,25)/b20-12+. The second-order valence-electron chi connectivity index (χ2n) is 5.75. The van der Waals surface area contributed by atoms with Crippen molar-refractivity contribution in [3.63, 3.8) is 0 Å². The summed E-state index contributed by atoms with van der Waals surface area (Å²) in [6.07, 6.45) is 3.40. The minimum absolute atomic E-state index is 0.107. The highest BCUT2D eigenvalue weighted by Gasteiger charge is 2.10. The largest absolute Gasteiger partial charge is 0.493 e. The molecule has 0 spiro atoms. The molecular weight excluding hydrogens is 332 g/mol. The van der Waals surface area contributed by atoms with Gasteiger partial charge in [-0.1, -0.05) is 19.9 Å². The van der Waals surface area contributed by atoms with Crippen LogP contribution in [0.15, 0.2) is 35.4 Å². The van der Waals surface area contributed by atoms with E-state index in [1.807, 2.05) is 4.90 Å². The fraction of sp³-hybridized carbons (Fsp3) is 0.333. The third-order valence-electron chi connectivity index (χ3n) is 3.53. The lowest BCUT2D eigenvalue weighted by atomic mass is 10.2. The van der Waals surface area contributed by atoms with Gasteiger partial charge in [-0.25, -0.2) is 4.98 Å². The van der Waals surface area contributed by atoms with E-state index in [0.717, 1.165) is 25.9 Å². The number of nitrogens with two attached hydrogens (primary N) is 1. The molecule has 0 bridgehead atoms. The van der Waals surface area contributed by atoms with Crippen LogP contribution in [-0.2, 0) is 0 Å². The average Bonchev–Trinajstić information content (AvgIpc) is 2.61. The molecule has 8 nitrogen and oxygen atoms in total. The summed E-state index contributed by atoms with van der Waals surface area (Å²) in [6.45, 7) is 5.79. The van der Waals surface area contributed by atoms with Crippen molar-refractivity contribution < 1.29 is 9.90 Å². The van der Waals surface area contributed by atoms with Crippen LogP contribution in [0, 0.1) is 0 Å². The van der Waals surface area contributed by atoms with Gasteiger partial charge in [0.25, 0.3) is 0 Å². The number of aromatic nitrogens is 2. The maximum Gasteiger partial charge on any atom is 0.248 e. The lowest BCUT2D eigenvalue weighted by molar-refractivity contribution is 0.100. The fourth-order valence-corrected chi connectivity index (χ4v) is 2.41. The molecule has 0 aliphatic carbocycles. The van der Waals surface area contributed by atoms with E-state index in [2.05, 4.69) is 34.3 Å². The summed E-state index contributed by atoms with van der Waals surface area (Å²) in [6, 6.07) is 8.14. The third-order valence-corrected chi connectivity index (χ3v) is 3.53. The summed E-state index contributed by atoms with van der Waals surface area (Å²) in [5.74, 6) is -0.134. The van der Waals surface area contributed by atoms with Crippen LogP contribution in [0.2, 0.25) is 0 Å². The molecule has 1 amide bonds. The van der Waals surface area contributed by atoms with Gasteiger partial charge in [-0.05, 0) is 31.0 Å². The second kappa shape index (κ2) is 9.36. The fourth-order valence-electron chi connectivity index (χ4n) is 2.41. The maximum atomic E-state index is 11.2. The van der Waals surface area contributed by atoms with Crippen LogP contribution in [0.5, 0.6) is 5.88 Å². The number of carbonyl (C=O) groups is 1. The van der Waals surface area contributed by atoms with Crippen LogP contribution in [0.1, 0.15) is 42.7 Å². The number of primary amides is 1. The topological polar surface area (TPSA) is 117 Å². The van der Waals surface area contributed by atoms with Crippen LogP contribution in [-0.4, -0.2) is 40.3 Å². The molecule has 8 heteroatoms. The Morgan fingerprint density at radius 3 is 2.65 bits per heavy atom. The Morgan fingerprint density at radius 1 is 1.27 bits per heavy atom. The molecule has 0 unspecified atom stereocenters. The van der Waals surface area contributed by atoms with Crippen molar-refractivity contribution in [2.45, 2.75) is 26.7 Å². The van der Waals surface area contributed by atoms with Crippen LogP contribution in [0.25, 0.3) is 0 Å². The van der Waals surface area contributed by atoms with Gasteiger partial charge in [-0.15, -0.1) is 0 Å². The molecule has 0 saturated carbocycles. The summed E-state index contributed by atoms with van der Waals surface area (Å²) in [7, 11) is 0. The monoisotopic (exact) mass is 356 g/mol. The molecule has 0 saturated heterocycles. The van der Waals surface area contributed by atoms with Crippen molar-refractivity contribution in [3.8, 4) is 5.88 Å². The number of hydrazone groups is 1. The molecule has 0 fully saturated rings. The van der Waals surface area contributed by atoms with Crippen molar-refractivity contribution >= 4 is 23.8 Å². The smallest absolute Gasteiger partial charge is 0.248 e. The number of benzene rings is 1. The molecular formula is C18H24N6O2. The van der Waals surface area contributed by atoms with Gasteiger partial charge in [-0.2, -0.15) is 10.1 Å². The molecule has 0 radical (unpaired) electrons. The highest BCUT2D eigenvalue weighted by Crippen LogP contribution is 2.15. The molecule has 0 aliphatic heterocycles. The number of anilines is 2. The summed E-state index contributed by atoms with van der Waals surface area (Å²) in [4.78, 5) is 21.8. The minimum Gasteiger partial charge on any atom is -0.493 e. The van der Waals surface area contributed by atoms with E-state index < -0.39 is 5.91 Å². The van der Waals surface area contributed by atoms with E-state index in [1.165, 1.54) is 12.3 Å². The number of hydrogen-bond acceptors (Lipinski definition) is 7. The van der Waals surface area contributed by atoms with Gasteiger partial charge in [0.1, 0.15) is 0 Å². The van der Waals surface area contributed by atoms with Crippen molar-refractivity contribution in [2.24, 2.45) is 10.8 Å². The zero-order chi connectivity index (χ0) is 18.9. The molecule has 2 rings (SSSR count). The highest BCUT2D eigenvalue weighted by atomic mass is 16.3. The first-order valence-electron chi connectivity index (χ1n) is 8.55. The Morgan fingerprint density at radius 2 is 2.00 bits per heavy atom. The van der Waals surface area contributed by atoms with Crippen molar-refractivity contribution in [1.82, 2.24) is 9.97 Å². The molecule has 2 aromatic rings. The highest BCUT2D eigenvalue weighted by molar-refractivity contribution is 5.93. The summed E-state index contributed by atoms with van der Waals surface area (Å²) in [5.41, 5.74) is 9.56. The SMILES string of the molecule is CCCN(CCC)c1nc(O)cc(/C=N/Nc2cccc(C(N)=O)c2)n1. The first-order valence-corrected chi connectivity index (χ1v) is 8.55. The van der Waals surface area contributed by atoms with Crippen LogP contribution >= 0.6 is 0 Å². The second-order valence-corrected chi connectivity index (χ2v) is 5.75. The van der Waals surface area contributed by atoms with E-state index in [9.17, 15) is 9.90 Å². The quantitative estimate of drug-likeness (QED) is 0.469. The lowest BCUT2D eigenvalue weighted by Crippen LogP contribution is -2.27. The van der Waals surface area contributed by atoms with Crippen molar-refractivity contribution in [2.75, 3.05) is 23.4 Å². The predicted molar refractivity (Wildman–Crippen MR) is 103 cm³/mol. The molecule has 0 atom stereocenters. The van der Waals surface area contributed by atoms with Gasteiger partial charge in [0, 0.05) is 24.7 Å². The molecule has 138 valence electrons. The van der Waals surface area contributed by atoms with E-state index in [0.29, 0.717) is 22.9 Å². The number of amides is 1. The summed E-state index contributed by atoms with van der Waals surface area (Å²) in [5, 5.41) is 14.0. The number of carbonyl (C=O) groups excluding carboxylic acids is 1. The van der Waals surface area contributed by atoms with E-state index in [-0.39, 0.29) is 5.88 Å². The molecule has 1 heterocycles. The Balaban J connectivity index is 2.14. The van der Waals surface area contributed by atoms with E-state index in [1.54, 1.807) is 24.3 Å². The molecule has 0 aliphatic rings. The number of nitrogens with one attached hydrogen (secondary N) is 1. The molecule has 4 N–H and O–H groups in total. The molecule has 26 heavy (non-hydrogen) atoms. The number of nitrogens with zero attached hydrogens (tertiary/aromatic N) is 4.